The molecule has 31 heavy (non-hydrogen) atoms. The van der Waals surface area contributed by atoms with Gasteiger partial charge < -0.3 is 14.8 Å². The second kappa shape index (κ2) is 9.82. The van der Waals surface area contributed by atoms with E-state index in [9.17, 15) is 13.2 Å². The predicted octanol–water partition coefficient (Wildman–Crippen LogP) is 4.09. The first kappa shape index (κ1) is 22.6. The summed E-state index contributed by atoms with van der Waals surface area (Å²) in [5.74, 6) is 0.302. The molecule has 0 spiro atoms. The second-order valence-corrected chi connectivity index (χ2v) is 8.69. The third kappa shape index (κ3) is 5.55. The van der Waals surface area contributed by atoms with Crippen LogP contribution in [0.3, 0.4) is 0 Å². The molecule has 0 heterocycles. The smallest absolute Gasteiger partial charge is 0.255 e. The molecule has 0 aromatic heterocycles. The first-order valence-electron chi connectivity index (χ1n) is 9.23. The molecule has 0 atom stereocenters. The number of halogens is 1. The SMILES string of the molecule is CNS(=O)(=O)c1cc(C(=O)Nc2ccc(OCc3ccccc3Cl)cc2)ccc1OC. The molecule has 0 radical (unpaired) electrons. The Morgan fingerprint density at radius 1 is 1.03 bits per heavy atom. The van der Waals surface area contributed by atoms with Gasteiger partial charge in [0.05, 0.1) is 7.11 Å². The summed E-state index contributed by atoms with van der Waals surface area (Å²) in [5.41, 5.74) is 1.57. The summed E-state index contributed by atoms with van der Waals surface area (Å²) in [6, 6.07) is 18.4. The van der Waals surface area contributed by atoms with Gasteiger partial charge in [-0.05, 0) is 55.6 Å². The third-order valence-corrected chi connectivity index (χ3v) is 6.25. The van der Waals surface area contributed by atoms with Crippen LogP contribution in [0.5, 0.6) is 11.5 Å². The van der Waals surface area contributed by atoms with Gasteiger partial charge in [0.1, 0.15) is 23.0 Å². The molecule has 162 valence electrons. The summed E-state index contributed by atoms with van der Waals surface area (Å²) in [4.78, 5) is 12.5. The van der Waals surface area contributed by atoms with Gasteiger partial charge in [-0.1, -0.05) is 29.8 Å². The first-order chi connectivity index (χ1) is 14.8. The van der Waals surface area contributed by atoms with Crippen molar-refractivity contribution in [2.75, 3.05) is 19.5 Å². The zero-order chi connectivity index (χ0) is 22.4. The van der Waals surface area contributed by atoms with E-state index in [0.29, 0.717) is 23.1 Å². The number of amides is 1. The summed E-state index contributed by atoms with van der Waals surface area (Å²) in [6.07, 6.45) is 0. The Hall–Kier alpha value is -3.07. The highest BCUT2D eigenvalue weighted by Crippen LogP contribution is 2.25. The van der Waals surface area contributed by atoms with Crippen molar-refractivity contribution >= 4 is 33.2 Å². The van der Waals surface area contributed by atoms with E-state index >= 15 is 0 Å². The Morgan fingerprint density at radius 3 is 2.39 bits per heavy atom. The van der Waals surface area contributed by atoms with Crippen molar-refractivity contribution in [1.82, 2.24) is 4.72 Å². The Bertz CT molecular complexity index is 1180. The number of carbonyl (C=O) groups is 1. The van der Waals surface area contributed by atoms with Gasteiger partial charge in [-0.15, -0.1) is 0 Å². The van der Waals surface area contributed by atoms with E-state index < -0.39 is 15.9 Å². The molecule has 3 aromatic rings. The lowest BCUT2D eigenvalue weighted by molar-refractivity contribution is 0.102. The average Bonchev–Trinajstić information content (AvgIpc) is 2.79. The van der Waals surface area contributed by atoms with Crippen molar-refractivity contribution in [3.05, 3.63) is 82.9 Å². The molecule has 0 bridgehead atoms. The van der Waals surface area contributed by atoms with Crippen molar-refractivity contribution in [2.24, 2.45) is 0 Å². The van der Waals surface area contributed by atoms with Gasteiger partial charge in [0.15, 0.2) is 0 Å². The zero-order valence-electron chi connectivity index (χ0n) is 16.9. The summed E-state index contributed by atoms with van der Waals surface area (Å²) in [7, 11) is -1.14. The number of methoxy groups -OCH3 is 1. The molecule has 3 rings (SSSR count). The monoisotopic (exact) mass is 460 g/mol. The number of ether oxygens (including phenoxy) is 2. The fraction of sp³-hybridized carbons (Fsp3) is 0.136. The number of sulfonamides is 1. The molecular formula is C22H21ClN2O5S. The van der Waals surface area contributed by atoms with Crippen molar-refractivity contribution < 1.29 is 22.7 Å². The van der Waals surface area contributed by atoms with Crippen molar-refractivity contribution in [2.45, 2.75) is 11.5 Å². The first-order valence-corrected chi connectivity index (χ1v) is 11.1. The van der Waals surface area contributed by atoms with Crippen LogP contribution in [0.25, 0.3) is 0 Å². The summed E-state index contributed by atoms with van der Waals surface area (Å²) in [5, 5.41) is 3.36. The highest BCUT2D eigenvalue weighted by molar-refractivity contribution is 7.89. The lowest BCUT2D eigenvalue weighted by Gasteiger charge is -2.12. The number of anilines is 1. The van der Waals surface area contributed by atoms with E-state index in [-0.39, 0.29) is 16.2 Å². The number of nitrogens with one attached hydrogen (secondary N) is 2. The van der Waals surface area contributed by atoms with Crippen LogP contribution in [0.2, 0.25) is 5.02 Å². The van der Waals surface area contributed by atoms with Gasteiger partial charge >= 0.3 is 0 Å². The van der Waals surface area contributed by atoms with Crippen LogP contribution in [0, 0.1) is 0 Å². The quantitative estimate of drug-likeness (QED) is 0.528. The number of carbonyl (C=O) groups excluding carboxylic acids is 1. The van der Waals surface area contributed by atoms with Gasteiger partial charge in [-0.2, -0.15) is 0 Å². The predicted molar refractivity (Wildman–Crippen MR) is 119 cm³/mol. The van der Waals surface area contributed by atoms with E-state index in [0.717, 1.165) is 5.56 Å². The highest BCUT2D eigenvalue weighted by Gasteiger charge is 2.20. The van der Waals surface area contributed by atoms with E-state index in [1.807, 2.05) is 18.2 Å². The minimum Gasteiger partial charge on any atom is -0.495 e. The molecular weight excluding hydrogens is 440 g/mol. The molecule has 0 fully saturated rings. The van der Waals surface area contributed by atoms with Gasteiger partial charge in [0.2, 0.25) is 10.0 Å². The topological polar surface area (TPSA) is 93.7 Å². The standard InChI is InChI=1S/C22H21ClN2O5S/c1-24-31(27,28)21-13-15(7-12-20(21)29-2)22(26)25-17-8-10-18(11-9-17)30-14-16-5-3-4-6-19(16)23/h3-13,24H,14H2,1-2H3,(H,25,26). The average molecular weight is 461 g/mol. The molecule has 0 unspecified atom stereocenters. The maximum Gasteiger partial charge on any atom is 0.255 e. The molecule has 0 aliphatic heterocycles. The van der Waals surface area contributed by atoms with Crippen LogP contribution in [0.15, 0.2) is 71.6 Å². The molecule has 9 heteroatoms. The molecule has 1 amide bonds. The minimum atomic E-state index is -3.79. The van der Waals surface area contributed by atoms with Crippen molar-refractivity contribution in [3.63, 3.8) is 0 Å². The number of hydrogen-bond acceptors (Lipinski definition) is 5. The van der Waals surface area contributed by atoms with Gasteiger partial charge in [0, 0.05) is 21.8 Å². The van der Waals surface area contributed by atoms with E-state index in [1.54, 1.807) is 30.3 Å². The lowest BCUT2D eigenvalue weighted by atomic mass is 10.2. The minimum absolute atomic E-state index is 0.117. The normalized spacial score (nSPS) is 11.1. The summed E-state index contributed by atoms with van der Waals surface area (Å²) in [6.45, 7) is 0.319. The fourth-order valence-corrected chi connectivity index (χ4v) is 3.86. The van der Waals surface area contributed by atoms with Crippen LogP contribution >= 0.6 is 11.6 Å². The second-order valence-electron chi connectivity index (χ2n) is 6.43. The van der Waals surface area contributed by atoms with Crippen molar-refractivity contribution in [3.8, 4) is 11.5 Å². The Balaban J connectivity index is 1.69. The summed E-state index contributed by atoms with van der Waals surface area (Å²) < 4.78 is 37.4. The van der Waals surface area contributed by atoms with Crippen LogP contribution < -0.4 is 19.5 Å². The van der Waals surface area contributed by atoms with Crippen LogP contribution in [0.1, 0.15) is 15.9 Å². The van der Waals surface area contributed by atoms with Gasteiger partial charge in [-0.25, -0.2) is 13.1 Å². The van der Waals surface area contributed by atoms with Gasteiger partial charge in [-0.3, -0.25) is 4.79 Å². The van der Waals surface area contributed by atoms with Crippen LogP contribution in [0.4, 0.5) is 5.69 Å². The molecule has 0 aliphatic rings. The van der Waals surface area contributed by atoms with Gasteiger partial charge in [0.25, 0.3) is 5.91 Å². The Morgan fingerprint density at radius 2 is 1.74 bits per heavy atom. The van der Waals surface area contributed by atoms with Crippen molar-refractivity contribution in [1.29, 1.82) is 0 Å². The number of hydrogen-bond donors (Lipinski definition) is 2. The highest BCUT2D eigenvalue weighted by atomic mass is 35.5. The summed E-state index contributed by atoms with van der Waals surface area (Å²) >= 11 is 6.12. The largest absolute Gasteiger partial charge is 0.495 e. The van der Waals surface area contributed by atoms with E-state index in [4.69, 9.17) is 21.1 Å². The third-order valence-electron chi connectivity index (χ3n) is 4.45. The molecule has 7 nitrogen and oxygen atoms in total. The molecule has 3 aromatic carbocycles. The van der Waals surface area contributed by atoms with E-state index in [1.165, 1.54) is 32.4 Å². The molecule has 0 saturated carbocycles. The zero-order valence-corrected chi connectivity index (χ0v) is 18.5. The lowest BCUT2D eigenvalue weighted by Crippen LogP contribution is -2.20. The van der Waals surface area contributed by atoms with Crippen LogP contribution in [-0.2, 0) is 16.6 Å². The maximum absolute atomic E-state index is 12.6. The molecule has 0 aliphatic carbocycles. The maximum atomic E-state index is 12.6. The Kier molecular flexibility index (Phi) is 7.17. The van der Waals surface area contributed by atoms with Crippen LogP contribution in [-0.4, -0.2) is 28.5 Å². The number of rotatable bonds is 8. The number of benzene rings is 3. The Labute approximate surface area is 186 Å². The molecule has 0 saturated heterocycles. The van der Waals surface area contributed by atoms with E-state index in [2.05, 4.69) is 10.0 Å². The molecule has 2 N–H and O–H groups in total. The fourth-order valence-electron chi connectivity index (χ4n) is 2.75.